The van der Waals surface area contributed by atoms with Gasteiger partial charge in [-0.2, -0.15) is 4.57 Å². The second-order valence-electron chi connectivity index (χ2n) is 13.0. The number of aryl methyl sites for hydroxylation is 1. The van der Waals surface area contributed by atoms with Crippen molar-refractivity contribution in [1.82, 2.24) is 0 Å². The first-order chi connectivity index (χ1) is 26.5. The van der Waals surface area contributed by atoms with Crippen molar-refractivity contribution >= 4 is 80.0 Å². The van der Waals surface area contributed by atoms with E-state index in [0.29, 0.717) is 19.7 Å². The minimum atomic E-state index is 0.0201. The van der Waals surface area contributed by atoms with Crippen molar-refractivity contribution in [2.45, 2.75) is 37.1 Å². The zero-order valence-electron chi connectivity index (χ0n) is 29.9. The molecule has 0 atom stereocenters. The van der Waals surface area contributed by atoms with E-state index in [-0.39, 0.29) is 12.4 Å². The molecule has 3 heterocycles. The van der Waals surface area contributed by atoms with Gasteiger partial charge < -0.3 is 14.7 Å². The maximum Gasteiger partial charge on any atom is 0.263 e. The van der Waals surface area contributed by atoms with Crippen LogP contribution in [0.25, 0.3) is 22.4 Å². The quantitative estimate of drug-likeness (QED) is 0.0877. The monoisotopic (exact) mass is 783 g/mol. The number of aliphatic hydroxyl groups excluding tert-OH is 1. The van der Waals surface area contributed by atoms with Crippen molar-refractivity contribution in [2.75, 3.05) is 18.1 Å². The summed E-state index contributed by atoms with van der Waals surface area (Å²) < 4.78 is 9.62. The highest BCUT2D eigenvalue weighted by Crippen LogP contribution is 2.49. The number of nitrogens with zero attached hydrogens (tertiary/aromatic N) is 2. The van der Waals surface area contributed by atoms with E-state index in [1.54, 1.807) is 46.2 Å². The molecule has 9 heteroatoms. The Kier molecular flexibility index (Phi) is 11.0. The van der Waals surface area contributed by atoms with Gasteiger partial charge in [-0.05, 0) is 58.8 Å². The van der Waals surface area contributed by atoms with Crippen molar-refractivity contribution in [3.8, 4) is 5.75 Å². The van der Waals surface area contributed by atoms with E-state index in [0.717, 1.165) is 81.5 Å². The Morgan fingerprint density at radius 1 is 0.926 bits per heavy atom. The first kappa shape index (κ1) is 36.3. The molecular weight excluding hydrogens is 745 g/mol. The molecule has 8 rings (SSSR count). The molecule has 0 spiro atoms. The molecule has 1 aliphatic carbocycles. The molecule has 5 nitrogen and oxygen atoms in total. The molecule has 2 aliphatic rings. The number of aromatic nitrogens is 1. The van der Waals surface area contributed by atoms with E-state index in [9.17, 15) is 9.90 Å². The molecule has 1 N–H and O–H groups in total. The molecule has 0 amide bonds. The number of Topliss-reactive ketones (excluding diaryl/α,β-unsaturated/α-hetero) is 1. The number of thiazole rings is 1. The molecule has 0 fully saturated rings. The van der Waals surface area contributed by atoms with E-state index < -0.39 is 0 Å². The second kappa shape index (κ2) is 16.4. The van der Waals surface area contributed by atoms with Gasteiger partial charge in [-0.1, -0.05) is 109 Å². The minimum Gasteiger partial charge on any atom is -0.489 e. The van der Waals surface area contributed by atoms with Gasteiger partial charge in [0.1, 0.15) is 17.1 Å². The number of thioether (sulfide) groups is 2. The number of carbonyl (C=O) groups excluding carboxylic acids is 1. The van der Waals surface area contributed by atoms with E-state index in [1.165, 1.54) is 10.4 Å². The van der Waals surface area contributed by atoms with Crippen LogP contribution in [0.3, 0.4) is 0 Å². The highest BCUT2D eigenvalue weighted by atomic mass is 32.2. The third-order valence-corrected chi connectivity index (χ3v) is 13.9. The Balaban J connectivity index is 1.19. The number of allylic oxidation sites excluding steroid dienone is 3. The maximum absolute atomic E-state index is 14.3. The summed E-state index contributed by atoms with van der Waals surface area (Å²) >= 11 is 6.80. The van der Waals surface area contributed by atoms with Gasteiger partial charge in [-0.25, -0.2) is 0 Å². The van der Waals surface area contributed by atoms with Crippen LogP contribution in [-0.4, -0.2) is 24.0 Å². The number of rotatable bonds is 14. The SMILES string of the molecule is C=Cc1ccc(C[n+]2c(/C=C3/C(=O)C(/C=C4/Sc5cc(CC)ccc5N4CCO)=C3SCc3cccs3)sc3cc(OCc4ccccc4)ccc32)cc1. The molecule has 0 bridgehead atoms. The Morgan fingerprint density at radius 3 is 2.52 bits per heavy atom. The Bertz CT molecular complexity index is 2430. The van der Waals surface area contributed by atoms with Crippen molar-refractivity contribution in [3.63, 3.8) is 0 Å². The molecule has 54 heavy (non-hydrogen) atoms. The predicted octanol–water partition coefficient (Wildman–Crippen LogP) is 10.7. The topological polar surface area (TPSA) is 53.7 Å². The third kappa shape index (κ3) is 7.65. The normalized spacial score (nSPS) is 15.4. The predicted molar refractivity (Wildman–Crippen MR) is 228 cm³/mol. The summed E-state index contributed by atoms with van der Waals surface area (Å²) in [6.07, 6.45) is 6.94. The number of anilines is 1. The van der Waals surface area contributed by atoms with E-state index in [4.69, 9.17) is 4.74 Å². The molecule has 270 valence electrons. The van der Waals surface area contributed by atoms with Gasteiger partial charge in [0.2, 0.25) is 5.52 Å². The number of benzene rings is 4. The van der Waals surface area contributed by atoms with Crippen molar-refractivity contribution in [3.05, 3.63) is 174 Å². The number of ketones is 1. The van der Waals surface area contributed by atoms with Crippen molar-refractivity contribution < 1.29 is 19.2 Å². The standard InChI is InChI=1S/C45H39N2O3S4/c1-3-30-12-14-32(15-13-30)27-47-39-19-17-34(50-28-33-9-6-5-7-10-33)24-41(39)54-43(47)26-37-44(49)36(45(37)52-29-35-11-8-22-51-35)25-42-46(20-21-48)38-18-16-31(4-2)23-40(38)53-42/h3,5-19,22-26,48H,1,4,20-21,27-29H2,2H3/q+1. The summed E-state index contributed by atoms with van der Waals surface area (Å²) in [5.74, 6) is 1.63. The zero-order valence-corrected chi connectivity index (χ0v) is 33.1. The summed E-state index contributed by atoms with van der Waals surface area (Å²) in [5, 5.41) is 14.1. The van der Waals surface area contributed by atoms with Crippen LogP contribution < -0.4 is 14.2 Å². The molecule has 4 aromatic carbocycles. The first-order valence-electron chi connectivity index (χ1n) is 17.9. The van der Waals surface area contributed by atoms with Crippen LogP contribution in [0, 0.1) is 0 Å². The van der Waals surface area contributed by atoms with E-state index in [1.807, 2.05) is 36.4 Å². The van der Waals surface area contributed by atoms with Crippen LogP contribution >= 0.6 is 46.2 Å². The number of ether oxygens (including phenoxy) is 1. The number of aliphatic hydroxyl groups is 1. The number of hydrogen-bond acceptors (Lipinski definition) is 8. The Morgan fingerprint density at radius 2 is 1.76 bits per heavy atom. The number of β-amino-alcohol motifs (C(OH)–C–C–N with tert-alkyl or cyclic N) is 1. The molecule has 0 saturated carbocycles. The Labute approximate surface area is 332 Å². The van der Waals surface area contributed by atoms with Gasteiger partial charge in [-0.3, -0.25) is 4.79 Å². The first-order valence-corrected chi connectivity index (χ1v) is 21.4. The number of carbonyl (C=O) groups is 1. The van der Waals surface area contributed by atoms with Gasteiger partial charge in [-0.15, -0.1) is 23.1 Å². The minimum absolute atomic E-state index is 0.0201. The molecule has 2 aromatic heterocycles. The van der Waals surface area contributed by atoms with Crippen LogP contribution in [0.4, 0.5) is 5.69 Å². The smallest absolute Gasteiger partial charge is 0.263 e. The highest BCUT2D eigenvalue weighted by molar-refractivity contribution is 8.04. The summed E-state index contributed by atoms with van der Waals surface area (Å²) in [6.45, 7) is 7.70. The van der Waals surface area contributed by atoms with Crippen LogP contribution in [0.5, 0.6) is 5.75 Å². The van der Waals surface area contributed by atoms with E-state index >= 15 is 0 Å². The van der Waals surface area contributed by atoms with Crippen LogP contribution in [0.1, 0.15) is 39.1 Å². The average Bonchev–Trinajstić information content (AvgIpc) is 3.94. The van der Waals surface area contributed by atoms with Crippen LogP contribution in [-0.2, 0) is 30.1 Å². The lowest BCUT2D eigenvalue weighted by Gasteiger charge is -2.25. The fraction of sp³-hybridized carbons (Fsp3) is 0.156. The van der Waals surface area contributed by atoms with Gasteiger partial charge in [0.05, 0.1) is 17.3 Å². The van der Waals surface area contributed by atoms with Gasteiger partial charge in [0.15, 0.2) is 12.3 Å². The summed E-state index contributed by atoms with van der Waals surface area (Å²) in [4.78, 5) is 19.9. The van der Waals surface area contributed by atoms with Gasteiger partial charge in [0.25, 0.3) is 5.01 Å². The van der Waals surface area contributed by atoms with Crippen molar-refractivity contribution in [1.29, 1.82) is 0 Å². The lowest BCUT2D eigenvalue weighted by atomic mass is 9.89. The molecular formula is C45H39N2O3S4+. The molecule has 1 aliphatic heterocycles. The maximum atomic E-state index is 14.3. The summed E-state index contributed by atoms with van der Waals surface area (Å²) in [5.41, 5.74) is 8.24. The molecule has 0 unspecified atom stereocenters. The lowest BCUT2D eigenvalue weighted by molar-refractivity contribution is -0.659. The Hall–Kier alpha value is -4.64. The van der Waals surface area contributed by atoms with Crippen molar-refractivity contribution in [2.24, 2.45) is 0 Å². The van der Waals surface area contributed by atoms with Gasteiger partial charge in [0, 0.05) is 61.9 Å². The fourth-order valence-electron chi connectivity index (χ4n) is 6.57. The average molecular weight is 784 g/mol. The number of fused-ring (bicyclic) bond motifs is 2. The number of hydrogen-bond donors (Lipinski definition) is 1. The van der Waals surface area contributed by atoms with E-state index in [2.05, 4.69) is 113 Å². The lowest BCUT2D eigenvalue weighted by Crippen LogP contribution is -2.36. The summed E-state index contributed by atoms with van der Waals surface area (Å²) in [7, 11) is 0. The summed E-state index contributed by atoms with van der Waals surface area (Å²) in [6, 6.07) is 35.6. The highest BCUT2D eigenvalue weighted by Gasteiger charge is 2.36. The van der Waals surface area contributed by atoms with Crippen LogP contribution in [0.2, 0.25) is 0 Å². The zero-order chi connectivity index (χ0) is 37.0. The third-order valence-electron chi connectivity index (χ3n) is 9.49. The largest absolute Gasteiger partial charge is 0.489 e. The second-order valence-corrected chi connectivity index (χ2v) is 17.1. The number of thiophene rings is 1. The van der Waals surface area contributed by atoms with Gasteiger partial charge >= 0.3 is 0 Å². The fourth-order valence-corrected chi connectivity index (χ4v) is 10.8. The van der Waals surface area contributed by atoms with Crippen LogP contribution in [0.15, 0.2) is 147 Å². The molecule has 6 aromatic rings. The molecule has 0 saturated heterocycles. The molecule has 0 radical (unpaired) electrons.